The highest BCUT2D eigenvalue weighted by molar-refractivity contribution is 5.82. The molecule has 0 atom stereocenters. The molecule has 2 aromatic carbocycles. The molecule has 0 N–H and O–H groups in total. The number of hydrogen-bond donors (Lipinski definition) is 0. The van der Waals surface area contributed by atoms with Gasteiger partial charge >= 0.3 is 0 Å². The first-order chi connectivity index (χ1) is 14.4. The SMILES string of the molecule is CCOc1cc(C=Nn2c(C)nc3ccccc3c2=O)ccc1OCC(=O)N(C)C. The summed E-state index contributed by atoms with van der Waals surface area (Å²) >= 11 is 0. The molecule has 0 aliphatic carbocycles. The van der Waals surface area contributed by atoms with E-state index in [1.807, 2.05) is 13.0 Å². The van der Waals surface area contributed by atoms with E-state index in [2.05, 4.69) is 10.1 Å². The maximum atomic E-state index is 12.7. The van der Waals surface area contributed by atoms with Crippen molar-refractivity contribution < 1.29 is 14.3 Å². The van der Waals surface area contributed by atoms with Gasteiger partial charge in [-0.1, -0.05) is 12.1 Å². The zero-order valence-corrected chi connectivity index (χ0v) is 17.5. The minimum atomic E-state index is -0.235. The number of ether oxygens (including phenoxy) is 2. The van der Waals surface area contributed by atoms with Crippen molar-refractivity contribution in [1.82, 2.24) is 14.6 Å². The summed E-state index contributed by atoms with van der Waals surface area (Å²) in [6.07, 6.45) is 1.56. The fourth-order valence-electron chi connectivity index (χ4n) is 2.76. The van der Waals surface area contributed by atoms with Gasteiger partial charge in [0.1, 0.15) is 5.82 Å². The number of carbonyl (C=O) groups is 1. The molecule has 0 bridgehead atoms. The number of rotatable bonds is 7. The second-order valence-electron chi connectivity index (χ2n) is 6.75. The maximum Gasteiger partial charge on any atom is 0.282 e. The number of benzene rings is 2. The van der Waals surface area contributed by atoms with Crippen LogP contribution in [0.5, 0.6) is 11.5 Å². The number of amides is 1. The zero-order chi connectivity index (χ0) is 21.7. The van der Waals surface area contributed by atoms with Crippen LogP contribution >= 0.6 is 0 Å². The summed E-state index contributed by atoms with van der Waals surface area (Å²) in [7, 11) is 3.33. The number of likely N-dealkylation sites (N-methyl/N-ethyl adjacent to an activating group) is 1. The van der Waals surface area contributed by atoms with E-state index in [1.54, 1.807) is 63.6 Å². The highest BCUT2D eigenvalue weighted by atomic mass is 16.5. The Morgan fingerprint density at radius 2 is 1.93 bits per heavy atom. The third-order valence-electron chi connectivity index (χ3n) is 4.36. The Balaban J connectivity index is 1.89. The van der Waals surface area contributed by atoms with E-state index in [4.69, 9.17) is 9.47 Å². The summed E-state index contributed by atoms with van der Waals surface area (Å²) < 4.78 is 12.5. The third kappa shape index (κ3) is 4.65. The van der Waals surface area contributed by atoms with Crippen molar-refractivity contribution in [1.29, 1.82) is 0 Å². The molecule has 1 heterocycles. The summed E-state index contributed by atoms with van der Waals surface area (Å²) in [6.45, 7) is 3.94. The van der Waals surface area contributed by atoms with Crippen LogP contribution in [0.1, 0.15) is 18.3 Å². The van der Waals surface area contributed by atoms with Gasteiger partial charge in [0.05, 0.1) is 23.7 Å². The smallest absolute Gasteiger partial charge is 0.282 e. The van der Waals surface area contributed by atoms with Crippen molar-refractivity contribution in [3.05, 3.63) is 64.2 Å². The van der Waals surface area contributed by atoms with Crippen molar-refractivity contribution in [3.63, 3.8) is 0 Å². The van der Waals surface area contributed by atoms with E-state index < -0.39 is 0 Å². The second kappa shape index (κ2) is 9.21. The van der Waals surface area contributed by atoms with Gasteiger partial charge in [0.15, 0.2) is 18.1 Å². The van der Waals surface area contributed by atoms with Gasteiger partial charge in [-0.25, -0.2) is 4.98 Å². The molecule has 30 heavy (non-hydrogen) atoms. The number of para-hydroxylation sites is 1. The lowest BCUT2D eigenvalue weighted by atomic mass is 10.2. The Morgan fingerprint density at radius 3 is 2.67 bits per heavy atom. The van der Waals surface area contributed by atoms with Crippen molar-refractivity contribution in [2.75, 3.05) is 27.3 Å². The van der Waals surface area contributed by atoms with E-state index >= 15 is 0 Å². The summed E-state index contributed by atoms with van der Waals surface area (Å²) in [6, 6.07) is 12.4. The molecular weight excluding hydrogens is 384 g/mol. The van der Waals surface area contributed by atoms with E-state index in [0.29, 0.717) is 40.4 Å². The standard InChI is InChI=1S/C22H24N4O4/c1-5-29-20-12-16(10-11-19(20)30-14-21(27)25(3)4)13-23-26-15(2)24-18-9-7-6-8-17(18)22(26)28/h6-13H,5,14H2,1-4H3. The fourth-order valence-corrected chi connectivity index (χ4v) is 2.76. The molecule has 0 aliphatic heterocycles. The van der Waals surface area contributed by atoms with Crippen LogP contribution in [0, 0.1) is 6.92 Å². The van der Waals surface area contributed by atoms with Gasteiger partial charge in [-0.15, -0.1) is 0 Å². The Bertz CT molecular complexity index is 1150. The lowest BCUT2D eigenvalue weighted by Gasteiger charge is -2.14. The monoisotopic (exact) mass is 408 g/mol. The van der Waals surface area contributed by atoms with Crippen LogP contribution in [0.2, 0.25) is 0 Å². The summed E-state index contributed by atoms with van der Waals surface area (Å²) in [5.41, 5.74) is 1.12. The number of aryl methyl sites for hydroxylation is 1. The van der Waals surface area contributed by atoms with E-state index in [1.165, 1.54) is 9.58 Å². The van der Waals surface area contributed by atoms with E-state index in [9.17, 15) is 9.59 Å². The van der Waals surface area contributed by atoms with Crippen LogP contribution in [0.15, 0.2) is 52.4 Å². The molecule has 1 aromatic heterocycles. The highest BCUT2D eigenvalue weighted by Gasteiger charge is 2.11. The highest BCUT2D eigenvalue weighted by Crippen LogP contribution is 2.28. The van der Waals surface area contributed by atoms with Crippen LogP contribution in [0.4, 0.5) is 0 Å². The van der Waals surface area contributed by atoms with Gasteiger partial charge in [-0.3, -0.25) is 9.59 Å². The third-order valence-corrected chi connectivity index (χ3v) is 4.36. The molecule has 0 aliphatic rings. The number of nitrogens with zero attached hydrogens (tertiary/aromatic N) is 4. The van der Waals surface area contributed by atoms with Crippen LogP contribution in [0.25, 0.3) is 10.9 Å². The zero-order valence-electron chi connectivity index (χ0n) is 17.5. The Hall–Kier alpha value is -3.68. The van der Waals surface area contributed by atoms with E-state index in [0.717, 1.165) is 0 Å². The summed E-state index contributed by atoms with van der Waals surface area (Å²) in [5, 5.41) is 4.82. The number of aromatic nitrogens is 2. The Kier molecular flexibility index (Phi) is 6.46. The number of hydrogen-bond acceptors (Lipinski definition) is 6. The normalized spacial score (nSPS) is 11.1. The van der Waals surface area contributed by atoms with Gasteiger partial charge in [0.2, 0.25) is 0 Å². The van der Waals surface area contributed by atoms with Gasteiger partial charge < -0.3 is 14.4 Å². The topological polar surface area (TPSA) is 86.0 Å². The fraction of sp³-hybridized carbons (Fsp3) is 0.273. The van der Waals surface area contributed by atoms with Crippen molar-refractivity contribution in [2.24, 2.45) is 5.10 Å². The van der Waals surface area contributed by atoms with Crippen molar-refractivity contribution in [2.45, 2.75) is 13.8 Å². The Labute approximate surface area is 174 Å². The number of carbonyl (C=O) groups excluding carboxylic acids is 1. The van der Waals surface area contributed by atoms with Gasteiger partial charge in [0, 0.05) is 14.1 Å². The molecule has 156 valence electrons. The largest absolute Gasteiger partial charge is 0.490 e. The average Bonchev–Trinajstić information content (AvgIpc) is 2.73. The quantitative estimate of drug-likeness (QED) is 0.561. The van der Waals surface area contributed by atoms with Gasteiger partial charge in [0.25, 0.3) is 11.5 Å². The lowest BCUT2D eigenvalue weighted by Crippen LogP contribution is -2.27. The first-order valence-electron chi connectivity index (χ1n) is 9.53. The minimum Gasteiger partial charge on any atom is -0.490 e. The van der Waals surface area contributed by atoms with Crippen LogP contribution in [-0.4, -0.2) is 54.0 Å². The summed E-state index contributed by atoms with van der Waals surface area (Å²) in [5.74, 6) is 1.29. The molecule has 0 fully saturated rings. The van der Waals surface area contributed by atoms with E-state index in [-0.39, 0.29) is 18.1 Å². The lowest BCUT2D eigenvalue weighted by molar-refractivity contribution is -0.130. The van der Waals surface area contributed by atoms with Gasteiger partial charge in [-0.05, 0) is 49.7 Å². The van der Waals surface area contributed by atoms with Crippen LogP contribution in [0.3, 0.4) is 0 Å². The Morgan fingerprint density at radius 1 is 1.17 bits per heavy atom. The average molecular weight is 408 g/mol. The molecule has 3 rings (SSSR count). The molecule has 8 nitrogen and oxygen atoms in total. The molecule has 0 saturated carbocycles. The molecular formula is C22H24N4O4. The van der Waals surface area contributed by atoms with Crippen molar-refractivity contribution in [3.8, 4) is 11.5 Å². The molecule has 0 unspecified atom stereocenters. The first-order valence-corrected chi connectivity index (χ1v) is 9.53. The predicted octanol–water partition coefficient (Wildman–Crippen LogP) is 2.45. The number of fused-ring (bicyclic) bond motifs is 1. The molecule has 8 heteroatoms. The molecule has 1 amide bonds. The predicted molar refractivity (Wildman–Crippen MR) is 116 cm³/mol. The van der Waals surface area contributed by atoms with Crippen LogP contribution in [-0.2, 0) is 4.79 Å². The second-order valence-corrected chi connectivity index (χ2v) is 6.75. The maximum absolute atomic E-state index is 12.7. The first kappa shape index (κ1) is 21.0. The van der Waals surface area contributed by atoms with Crippen molar-refractivity contribution >= 4 is 23.0 Å². The van der Waals surface area contributed by atoms with Crippen LogP contribution < -0.4 is 15.0 Å². The minimum absolute atomic E-state index is 0.0855. The molecule has 0 radical (unpaired) electrons. The molecule has 3 aromatic rings. The summed E-state index contributed by atoms with van der Waals surface area (Å²) in [4.78, 5) is 30.4. The molecule has 0 saturated heterocycles. The van der Waals surface area contributed by atoms with Gasteiger partial charge in [-0.2, -0.15) is 9.78 Å². The molecule has 0 spiro atoms.